The summed E-state index contributed by atoms with van der Waals surface area (Å²) in [6, 6.07) is 4.60. The molecule has 0 saturated heterocycles. The van der Waals surface area contributed by atoms with Crippen molar-refractivity contribution in [3.8, 4) is 0 Å². The van der Waals surface area contributed by atoms with Crippen LogP contribution in [-0.4, -0.2) is 14.7 Å². The summed E-state index contributed by atoms with van der Waals surface area (Å²) in [4.78, 5) is 10.2. The van der Waals surface area contributed by atoms with Crippen LogP contribution in [0.5, 0.6) is 0 Å². The Balaban J connectivity index is 2.11. The van der Waals surface area contributed by atoms with Gasteiger partial charge in [-0.15, -0.1) is 0 Å². The molecule has 0 aliphatic heterocycles. The summed E-state index contributed by atoms with van der Waals surface area (Å²) in [5, 5.41) is 18.4. The van der Waals surface area contributed by atoms with Gasteiger partial charge in [-0.1, -0.05) is 18.5 Å². The third-order valence-corrected chi connectivity index (χ3v) is 3.26. The van der Waals surface area contributed by atoms with Crippen LogP contribution in [0.4, 0.5) is 11.4 Å². The van der Waals surface area contributed by atoms with E-state index in [0.717, 1.165) is 23.4 Å². The summed E-state index contributed by atoms with van der Waals surface area (Å²) in [5.74, 6) is 0. The molecule has 1 heterocycles. The number of nitrogens with one attached hydrogen (secondary N) is 1. The van der Waals surface area contributed by atoms with Crippen LogP contribution in [0.2, 0.25) is 5.02 Å². The quantitative estimate of drug-likeness (QED) is 0.679. The predicted octanol–water partition coefficient (Wildman–Crippen LogP) is 3.16. The Labute approximate surface area is 121 Å². The summed E-state index contributed by atoms with van der Waals surface area (Å²) < 4.78 is 1.78. The highest BCUT2D eigenvalue weighted by atomic mass is 35.5. The van der Waals surface area contributed by atoms with Gasteiger partial charge in [0.1, 0.15) is 5.02 Å². The van der Waals surface area contributed by atoms with Gasteiger partial charge < -0.3 is 5.32 Å². The number of nitrogens with zero attached hydrogens (tertiary/aromatic N) is 3. The van der Waals surface area contributed by atoms with Gasteiger partial charge in [0.05, 0.1) is 10.6 Å². The topological polar surface area (TPSA) is 73.0 Å². The number of aromatic nitrogens is 2. The van der Waals surface area contributed by atoms with Gasteiger partial charge in [0, 0.05) is 37.1 Å². The van der Waals surface area contributed by atoms with Crippen molar-refractivity contribution in [2.45, 2.75) is 19.9 Å². The maximum atomic E-state index is 10.7. The van der Waals surface area contributed by atoms with Crippen molar-refractivity contribution in [3.05, 3.63) is 50.8 Å². The average molecular weight is 295 g/mol. The van der Waals surface area contributed by atoms with E-state index in [9.17, 15) is 10.1 Å². The molecule has 0 bridgehead atoms. The standard InChI is InChI=1S/C13H15ClN4O2/c1-3-12-9(8-17(2)16-12)7-15-10-4-5-13(18(19)20)11(14)6-10/h4-6,8,15H,3,7H2,1-2H3. The molecular formula is C13H15ClN4O2. The molecule has 0 saturated carbocycles. The molecule has 0 radical (unpaired) electrons. The van der Waals surface area contributed by atoms with Crippen LogP contribution >= 0.6 is 11.6 Å². The number of aryl methyl sites for hydroxylation is 2. The summed E-state index contributed by atoms with van der Waals surface area (Å²) in [6.07, 6.45) is 2.82. The molecule has 0 aliphatic rings. The monoisotopic (exact) mass is 294 g/mol. The minimum atomic E-state index is -0.498. The second kappa shape index (κ2) is 5.92. The lowest BCUT2D eigenvalue weighted by Crippen LogP contribution is -2.01. The molecule has 7 heteroatoms. The minimum Gasteiger partial charge on any atom is -0.381 e. The van der Waals surface area contributed by atoms with Crippen LogP contribution in [-0.2, 0) is 20.0 Å². The van der Waals surface area contributed by atoms with Crippen LogP contribution in [0.3, 0.4) is 0 Å². The van der Waals surface area contributed by atoms with Crippen LogP contribution in [0.25, 0.3) is 0 Å². The highest BCUT2D eigenvalue weighted by molar-refractivity contribution is 6.32. The third kappa shape index (κ3) is 3.08. The number of hydrogen-bond donors (Lipinski definition) is 1. The fraction of sp³-hybridized carbons (Fsp3) is 0.308. The molecule has 6 nitrogen and oxygen atoms in total. The summed E-state index contributed by atoms with van der Waals surface area (Å²) in [6.45, 7) is 2.65. The van der Waals surface area contributed by atoms with E-state index in [2.05, 4.69) is 17.3 Å². The molecule has 2 rings (SSSR count). The SMILES string of the molecule is CCc1nn(C)cc1CNc1ccc([N+](=O)[O-])c(Cl)c1. The molecular weight excluding hydrogens is 280 g/mol. The zero-order valence-electron chi connectivity index (χ0n) is 11.3. The molecule has 0 atom stereocenters. The maximum Gasteiger partial charge on any atom is 0.288 e. The molecule has 1 N–H and O–H groups in total. The minimum absolute atomic E-state index is 0.0900. The molecule has 106 valence electrons. The van der Waals surface area contributed by atoms with Gasteiger partial charge in [0.15, 0.2) is 0 Å². The first-order chi connectivity index (χ1) is 9.51. The van der Waals surface area contributed by atoms with E-state index in [-0.39, 0.29) is 10.7 Å². The van der Waals surface area contributed by atoms with E-state index in [0.29, 0.717) is 6.54 Å². The molecule has 1 aromatic carbocycles. The van der Waals surface area contributed by atoms with Crippen molar-refractivity contribution in [2.75, 3.05) is 5.32 Å². The lowest BCUT2D eigenvalue weighted by atomic mass is 10.2. The van der Waals surface area contributed by atoms with E-state index in [1.807, 2.05) is 13.2 Å². The van der Waals surface area contributed by atoms with Gasteiger partial charge >= 0.3 is 0 Å². The van der Waals surface area contributed by atoms with Crippen molar-refractivity contribution >= 4 is 23.0 Å². The van der Waals surface area contributed by atoms with Gasteiger partial charge in [0.25, 0.3) is 5.69 Å². The zero-order chi connectivity index (χ0) is 14.7. The van der Waals surface area contributed by atoms with E-state index in [4.69, 9.17) is 11.6 Å². The van der Waals surface area contributed by atoms with Gasteiger partial charge in [-0.2, -0.15) is 5.10 Å². The number of halogens is 1. The first-order valence-corrected chi connectivity index (χ1v) is 6.58. The van der Waals surface area contributed by atoms with Gasteiger partial charge in [-0.25, -0.2) is 0 Å². The Bertz CT molecular complexity index is 639. The fourth-order valence-electron chi connectivity index (χ4n) is 1.99. The summed E-state index contributed by atoms with van der Waals surface area (Å²) >= 11 is 5.87. The van der Waals surface area contributed by atoms with Crippen LogP contribution in [0.1, 0.15) is 18.2 Å². The van der Waals surface area contributed by atoms with Gasteiger partial charge in [-0.05, 0) is 18.6 Å². The highest BCUT2D eigenvalue weighted by Crippen LogP contribution is 2.27. The number of hydrogen-bond acceptors (Lipinski definition) is 4. The Morgan fingerprint density at radius 3 is 2.85 bits per heavy atom. The van der Waals surface area contributed by atoms with Crippen LogP contribution in [0, 0.1) is 10.1 Å². The lowest BCUT2D eigenvalue weighted by Gasteiger charge is -2.06. The predicted molar refractivity (Wildman–Crippen MR) is 78.0 cm³/mol. The number of nitro benzene ring substituents is 1. The van der Waals surface area contributed by atoms with Crippen molar-refractivity contribution in [2.24, 2.45) is 7.05 Å². The molecule has 20 heavy (non-hydrogen) atoms. The van der Waals surface area contributed by atoms with Crippen molar-refractivity contribution < 1.29 is 4.92 Å². The lowest BCUT2D eigenvalue weighted by molar-refractivity contribution is -0.384. The molecule has 0 spiro atoms. The molecule has 2 aromatic rings. The third-order valence-electron chi connectivity index (χ3n) is 2.95. The summed E-state index contributed by atoms with van der Waals surface area (Å²) in [5.41, 5.74) is 2.79. The molecule has 1 aromatic heterocycles. The molecule has 0 aliphatic carbocycles. The van der Waals surface area contributed by atoms with Crippen molar-refractivity contribution in [3.63, 3.8) is 0 Å². The average Bonchev–Trinajstić information content (AvgIpc) is 2.76. The van der Waals surface area contributed by atoms with E-state index in [1.165, 1.54) is 6.07 Å². The number of benzene rings is 1. The number of rotatable bonds is 5. The Morgan fingerprint density at radius 1 is 1.50 bits per heavy atom. The maximum absolute atomic E-state index is 10.7. The number of anilines is 1. The zero-order valence-corrected chi connectivity index (χ0v) is 12.0. The molecule has 0 fully saturated rings. The second-order valence-corrected chi connectivity index (χ2v) is 4.81. The first kappa shape index (κ1) is 14.3. The Kier molecular flexibility index (Phi) is 4.24. The second-order valence-electron chi connectivity index (χ2n) is 4.41. The van der Waals surface area contributed by atoms with E-state index >= 15 is 0 Å². The highest BCUT2D eigenvalue weighted by Gasteiger charge is 2.12. The summed E-state index contributed by atoms with van der Waals surface area (Å²) in [7, 11) is 1.88. The first-order valence-electron chi connectivity index (χ1n) is 6.20. The van der Waals surface area contributed by atoms with Gasteiger partial charge in [-0.3, -0.25) is 14.8 Å². The molecule has 0 unspecified atom stereocenters. The van der Waals surface area contributed by atoms with Crippen LogP contribution in [0.15, 0.2) is 24.4 Å². The fourth-order valence-corrected chi connectivity index (χ4v) is 2.24. The van der Waals surface area contributed by atoms with Gasteiger partial charge in [0.2, 0.25) is 0 Å². The Hall–Kier alpha value is -2.08. The normalized spacial score (nSPS) is 10.6. The number of nitro groups is 1. The Morgan fingerprint density at radius 2 is 2.25 bits per heavy atom. The van der Waals surface area contributed by atoms with Crippen molar-refractivity contribution in [1.29, 1.82) is 0 Å². The van der Waals surface area contributed by atoms with Crippen molar-refractivity contribution in [1.82, 2.24) is 9.78 Å². The molecule has 0 amide bonds. The largest absolute Gasteiger partial charge is 0.381 e. The van der Waals surface area contributed by atoms with Crippen LogP contribution < -0.4 is 5.32 Å². The smallest absolute Gasteiger partial charge is 0.288 e. The van der Waals surface area contributed by atoms with E-state index in [1.54, 1.807) is 16.8 Å². The van der Waals surface area contributed by atoms with E-state index < -0.39 is 4.92 Å².